The zero-order valence-electron chi connectivity index (χ0n) is 12.9. The molecule has 0 saturated heterocycles. The maximum Gasteiger partial charge on any atom is 0.314 e. The maximum absolute atomic E-state index is 13.4. The Balaban J connectivity index is 1.61. The highest BCUT2D eigenvalue weighted by molar-refractivity contribution is 5.73. The second kappa shape index (κ2) is 8.13. The van der Waals surface area contributed by atoms with E-state index in [1.807, 2.05) is 6.07 Å². The van der Waals surface area contributed by atoms with E-state index >= 15 is 0 Å². The van der Waals surface area contributed by atoms with Gasteiger partial charge in [0.25, 0.3) is 0 Å². The van der Waals surface area contributed by atoms with E-state index in [2.05, 4.69) is 10.6 Å². The first-order valence-electron chi connectivity index (χ1n) is 8.07. The van der Waals surface area contributed by atoms with Crippen LogP contribution in [0.1, 0.15) is 44.1 Å². The summed E-state index contributed by atoms with van der Waals surface area (Å²) in [5.41, 5.74) is -0.0795. The Morgan fingerprint density at radius 2 is 1.91 bits per heavy atom. The summed E-state index contributed by atoms with van der Waals surface area (Å²) in [6.45, 7) is 0.782. The van der Waals surface area contributed by atoms with Crippen LogP contribution in [-0.2, 0) is 6.42 Å². The number of aryl methyl sites for hydroxylation is 1. The van der Waals surface area contributed by atoms with Crippen molar-refractivity contribution < 1.29 is 14.3 Å². The normalized spacial score (nSPS) is 17.0. The van der Waals surface area contributed by atoms with Gasteiger partial charge in [0.05, 0.1) is 5.60 Å². The van der Waals surface area contributed by atoms with Gasteiger partial charge in [0.2, 0.25) is 0 Å². The van der Waals surface area contributed by atoms with Crippen molar-refractivity contribution >= 4 is 6.03 Å². The molecule has 0 aliphatic heterocycles. The van der Waals surface area contributed by atoms with Crippen molar-refractivity contribution in [3.05, 3.63) is 35.6 Å². The molecule has 0 unspecified atom stereocenters. The number of aliphatic hydroxyl groups is 1. The molecule has 4 nitrogen and oxygen atoms in total. The molecule has 1 aromatic carbocycles. The number of nitrogens with one attached hydrogen (secondary N) is 2. The lowest BCUT2D eigenvalue weighted by Crippen LogP contribution is -2.47. The summed E-state index contributed by atoms with van der Waals surface area (Å²) in [7, 11) is 0. The number of benzene rings is 1. The van der Waals surface area contributed by atoms with E-state index in [-0.39, 0.29) is 11.8 Å². The molecule has 0 heterocycles. The number of carbonyl (C=O) groups is 1. The van der Waals surface area contributed by atoms with Crippen molar-refractivity contribution in [1.82, 2.24) is 10.6 Å². The Morgan fingerprint density at radius 1 is 1.18 bits per heavy atom. The molecule has 0 radical (unpaired) electrons. The van der Waals surface area contributed by atoms with Crippen molar-refractivity contribution in [2.45, 2.75) is 50.5 Å². The maximum atomic E-state index is 13.4. The quantitative estimate of drug-likeness (QED) is 0.708. The standard InChI is InChI=1S/C17H25FN2O2/c18-15-9-3-2-7-14(15)8-6-12-19-16(21)20-13-17(22)10-4-1-5-11-17/h2-3,7,9,22H,1,4-6,8,10-13H2,(H2,19,20,21). The highest BCUT2D eigenvalue weighted by Crippen LogP contribution is 2.27. The minimum atomic E-state index is -0.747. The Hall–Kier alpha value is -1.62. The van der Waals surface area contributed by atoms with Gasteiger partial charge in [-0.25, -0.2) is 9.18 Å². The molecule has 0 bridgehead atoms. The van der Waals surface area contributed by atoms with Crippen LogP contribution in [0, 0.1) is 5.82 Å². The van der Waals surface area contributed by atoms with Crippen LogP contribution < -0.4 is 10.6 Å². The fourth-order valence-electron chi connectivity index (χ4n) is 2.88. The highest BCUT2D eigenvalue weighted by Gasteiger charge is 2.29. The van der Waals surface area contributed by atoms with Gasteiger partial charge >= 0.3 is 6.03 Å². The van der Waals surface area contributed by atoms with Gasteiger partial charge in [-0.2, -0.15) is 0 Å². The molecule has 1 saturated carbocycles. The molecule has 0 spiro atoms. The third-order valence-electron chi connectivity index (χ3n) is 4.23. The predicted molar refractivity (Wildman–Crippen MR) is 84.2 cm³/mol. The van der Waals surface area contributed by atoms with Gasteiger partial charge in [0.15, 0.2) is 0 Å². The average molecular weight is 308 g/mol. The van der Waals surface area contributed by atoms with Gasteiger partial charge in [0, 0.05) is 13.1 Å². The van der Waals surface area contributed by atoms with Crippen LogP contribution >= 0.6 is 0 Å². The zero-order chi connectivity index (χ0) is 15.8. The van der Waals surface area contributed by atoms with Gasteiger partial charge in [-0.3, -0.25) is 0 Å². The largest absolute Gasteiger partial charge is 0.388 e. The molecule has 1 aromatic rings. The fraction of sp³-hybridized carbons (Fsp3) is 0.588. The molecule has 0 atom stereocenters. The molecular weight excluding hydrogens is 283 g/mol. The number of carbonyl (C=O) groups excluding carboxylic acids is 1. The van der Waals surface area contributed by atoms with E-state index in [1.54, 1.807) is 12.1 Å². The minimum absolute atomic E-state index is 0.202. The van der Waals surface area contributed by atoms with E-state index in [0.29, 0.717) is 31.5 Å². The fourth-order valence-corrected chi connectivity index (χ4v) is 2.88. The second-order valence-electron chi connectivity index (χ2n) is 6.09. The monoisotopic (exact) mass is 308 g/mol. The van der Waals surface area contributed by atoms with Crippen LogP contribution in [0.25, 0.3) is 0 Å². The van der Waals surface area contributed by atoms with Crippen LogP contribution in [0.3, 0.4) is 0 Å². The summed E-state index contributed by atoms with van der Waals surface area (Å²) in [5, 5.41) is 15.8. The molecule has 2 rings (SSSR count). The lowest BCUT2D eigenvalue weighted by molar-refractivity contribution is 0.00720. The summed E-state index contributed by atoms with van der Waals surface area (Å²) in [6.07, 6.45) is 5.96. The number of rotatable bonds is 6. The molecule has 2 amide bonds. The first kappa shape index (κ1) is 16.7. The lowest BCUT2D eigenvalue weighted by Gasteiger charge is -2.32. The SMILES string of the molecule is O=C(NCCCc1ccccc1F)NCC1(O)CCCCC1. The van der Waals surface area contributed by atoms with Crippen LogP contribution in [0.5, 0.6) is 0 Å². The van der Waals surface area contributed by atoms with Gasteiger partial charge < -0.3 is 15.7 Å². The first-order chi connectivity index (χ1) is 10.6. The summed E-state index contributed by atoms with van der Waals surface area (Å²) < 4.78 is 13.4. The Labute approximate surface area is 131 Å². The molecule has 122 valence electrons. The Morgan fingerprint density at radius 3 is 2.64 bits per heavy atom. The summed E-state index contributed by atoms with van der Waals surface area (Å²) in [6, 6.07) is 6.41. The topological polar surface area (TPSA) is 61.4 Å². The van der Waals surface area contributed by atoms with Gasteiger partial charge in [-0.15, -0.1) is 0 Å². The van der Waals surface area contributed by atoms with Gasteiger partial charge in [-0.1, -0.05) is 37.5 Å². The lowest BCUT2D eigenvalue weighted by atomic mass is 9.85. The van der Waals surface area contributed by atoms with E-state index in [9.17, 15) is 14.3 Å². The molecule has 1 aliphatic carbocycles. The Kier molecular flexibility index (Phi) is 6.19. The number of urea groups is 1. The van der Waals surface area contributed by atoms with Crippen molar-refractivity contribution in [1.29, 1.82) is 0 Å². The van der Waals surface area contributed by atoms with Gasteiger partial charge in [0.1, 0.15) is 5.82 Å². The smallest absolute Gasteiger partial charge is 0.314 e. The minimum Gasteiger partial charge on any atom is -0.388 e. The molecule has 5 heteroatoms. The number of halogens is 1. The third kappa shape index (κ3) is 5.30. The second-order valence-corrected chi connectivity index (χ2v) is 6.09. The summed E-state index contributed by atoms with van der Waals surface area (Å²) >= 11 is 0. The first-order valence-corrected chi connectivity index (χ1v) is 8.07. The van der Waals surface area contributed by atoms with Gasteiger partial charge in [-0.05, 0) is 37.3 Å². The molecule has 22 heavy (non-hydrogen) atoms. The number of hydrogen-bond acceptors (Lipinski definition) is 2. The molecule has 0 aromatic heterocycles. The van der Waals surface area contributed by atoms with Crippen molar-refractivity contribution in [2.75, 3.05) is 13.1 Å². The summed E-state index contributed by atoms with van der Waals surface area (Å²) in [4.78, 5) is 11.7. The van der Waals surface area contributed by atoms with E-state index < -0.39 is 5.60 Å². The molecule has 3 N–H and O–H groups in total. The van der Waals surface area contributed by atoms with E-state index in [4.69, 9.17) is 0 Å². The highest BCUT2D eigenvalue weighted by atomic mass is 19.1. The van der Waals surface area contributed by atoms with E-state index in [1.165, 1.54) is 6.07 Å². The number of hydrogen-bond donors (Lipinski definition) is 3. The molecular formula is C17H25FN2O2. The van der Waals surface area contributed by atoms with Crippen LogP contribution in [-0.4, -0.2) is 29.8 Å². The third-order valence-corrected chi connectivity index (χ3v) is 4.23. The van der Waals surface area contributed by atoms with Crippen LogP contribution in [0.2, 0.25) is 0 Å². The number of amides is 2. The Bertz CT molecular complexity index is 487. The van der Waals surface area contributed by atoms with Crippen LogP contribution in [0.4, 0.5) is 9.18 Å². The van der Waals surface area contributed by atoms with Crippen molar-refractivity contribution in [3.63, 3.8) is 0 Å². The zero-order valence-corrected chi connectivity index (χ0v) is 12.9. The predicted octanol–water partition coefficient (Wildman–Crippen LogP) is 2.75. The van der Waals surface area contributed by atoms with Crippen molar-refractivity contribution in [3.8, 4) is 0 Å². The van der Waals surface area contributed by atoms with E-state index in [0.717, 1.165) is 32.1 Å². The van der Waals surface area contributed by atoms with Crippen LogP contribution in [0.15, 0.2) is 24.3 Å². The summed E-state index contributed by atoms with van der Waals surface area (Å²) in [5.74, 6) is -0.202. The average Bonchev–Trinajstić information content (AvgIpc) is 2.52. The van der Waals surface area contributed by atoms with Crippen molar-refractivity contribution in [2.24, 2.45) is 0 Å². The molecule has 1 fully saturated rings. The molecule has 1 aliphatic rings.